The van der Waals surface area contributed by atoms with Crippen molar-refractivity contribution in [1.82, 2.24) is 5.32 Å². The molecule has 1 aromatic rings. The summed E-state index contributed by atoms with van der Waals surface area (Å²) in [6.07, 6.45) is 12.9. The van der Waals surface area contributed by atoms with Gasteiger partial charge < -0.3 is 10.4 Å². The molecule has 2 N–H and O–H groups in total. The molecule has 25 heavy (non-hydrogen) atoms. The van der Waals surface area contributed by atoms with Crippen LogP contribution in [0.5, 0.6) is 0 Å². The molecule has 0 aliphatic heterocycles. The molecule has 0 aromatic heterocycles. The van der Waals surface area contributed by atoms with E-state index < -0.39 is 5.97 Å². The molecule has 0 unspecified atom stereocenters. The molecular formula is C21H28ClNO2. The van der Waals surface area contributed by atoms with Gasteiger partial charge in [-0.3, -0.25) is 4.79 Å². The summed E-state index contributed by atoms with van der Waals surface area (Å²) in [5, 5.41) is 13.1. The van der Waals surface area contributed by atoms with E-state index in [0.717, 1.165) is 42.9 Å². The van der Waals surface area contributed by atoms with E-state index in [0.29, 0.717) is 18.3 Å². The van der Waals surface area contributed by atoms with Gasteiger partial charge in [-0.2, -0.15) is 0 Å². The van der Waals surface area contributed by atoms with Gasteiger partial charge in [-0.05, 0) is 68.2 Å². The van der Waals surface area contributed by atoms with Crippen molar-refractivity contribution in [3.05, 3.63) is 58.7 Å². The van der Waals surface area contributed by atoms with Crippen molar-refractivity contribution in [3.8, 4) is 0 Å². The van der Waals surface area contributed by atoms with Gasteiger partial charge >= 0.3 is 5.97 Å². The van der Waals surface area contributed by atoms with Gasteiger partial charge in [0.2, 0.25) is 0 Å². The number of aryl methyl sites for hydroxylation is 1. The molecule has 0 spiro atoms. The van der Waals surface area contributed by atoms with Crippen LogP contribution >= 0.6 is 11.6 Å². The van der Waals surface area contributed by atoms with Gasteiger partial charge in [-0.1, -0.05) is 48.0 Å². The third-order valence-electron chi connectivity index (χ3n) is 4.69. The second-order valence-electron chi connectivity index (χ2n) is 6.81. The molecule has 0 saturated heterocycles. The minimum atomic E-state index is -0.717. The van der Waals surface area contributed by atoms with Crippen molar-refractivity contribution in [2.75, 3.05) is 6.54 Å². The fourth-order valence-electron chi connectivity index (χ4n) is 3.19. The Balaban J connectivity index is 1.79. The number of hydrogen-bond donors (Lipinski definition) is 2. The highest BCUT2D eigenvalue weighted by Crippen LogP contribution is 2.27. The van der Waals surface area contributed by atoms with Crippen LogP contribution in [0.3, 0.4) is 0 Å². The first-order valence-corrected chi connectivity index (χ1v) is 9.43. The van der Waals surface area contributed by atoms with Crippen LogP contribution in [-0.4, -0.2) is 17.6 Å². The number of nitrogens with one attached hydrogen (secondary N) is 1. The highest BCUT2D eigenvalue weighted by Gasteiger charge is 2.19. The molecule has 0 saturated carbocycles. The molecule has 136 valence electrons. The average Bonchev–Trinajstić information content (AvgIpc) is 2.57. The number of carboxylic acid groups (broad SMARTS) is 1. The van der Waals surface area contributed by atoms with Crippen LogP contribution in [0.25, 0.3) is 0 Å². The average molecular weight is 362 g/mol. The second kappa shape index (κ2) is 10.4. The third kappa shape index (κ3) is 7.05. The minimum Gasteiger partial charge on any atom is -0.481 e. The van der Waals surface area contributed by atoms with Gasteiger partial charge in [0.1, 0.15) is 0 Å². The van der Waals surface area contributed by atoms with Crippen molar-refractivity contribution < 1.29 is 9.90 Å². The predicted molar refractivity (Wildman–Crippen MR) is 104 cm³/mol. The lowest BCUT2D eigenvalue weighted by molar-refractivity contribution is -0.137. The van der Waals surface area contributed by atoms with Crippen LogP contribution in [0.4, 0.5) is 0 Å². The Labute approximate surface area is 155 Å². The Morgan fingerprint density at radius 3 is 2.92 bits per heavy atom. The largest absolute Gasteiger partial charge is 0.481 e. The SMILES string of the molecule is Cc1ccc(CNC[C@H]2CC=CC[C@@H]2/C=C\CCCC(=O)O)c(Cl)c1. The molecule has 1 aliphatic carbocycles. The first-order chi connectivity index (χ1) is 12.1. The topological polar surface area (TPSA) is 49.3 Å². The second-order valence-corrected chi connectivity index (χ2v) is 7.21. The van der Waals surface area contributed by atoms with Gasteiger partial charge in [-0.25, -0.2) is 0 Å². The summed E-state index contributed by atoms with van der Waals surface area (Å²) >= 11 is 6.30. The van der Waals surface area contributed by atoms with E-state index in [1.807, 2.05) is 13.0 Å². The monoisotopic (exact) mass is 361 g/mol. The number of aliphatic carboxylic acids is 1. The van der Waals surface area contributed by atoms with Crippen LogP contribution in [0, 0.1) is 18.8 Å². The number of benzene rings is 1. The van der Waals surface area contributed by atoms with Crippen LogP contribution in [-0.2, 0) is 11.3 Å². The molecule has 3 nitrogen and oxygen atoms in total. The number of unbranched alkanes of at least 4 members (excludes halogenated alkanes) is 1. The van der Waals surface area contributed by atoms with E-state index in [1.165, 1.54) is 5.56 Å². The predicted octanol–water partition coefficient (Wildman–Crippen LogP) is 5.13. The van der Waals surface area contributed by atoms with Crippen molar-refractivity contribution >= 4 is 17.6 Å². The number of hydrogen-bond acceptors (Lipinski definition) is 2. The normalized spacial score (nSPS) is 20.2. The highest BCUT2D eigenvalue weighted by atomic mass is 35.5. The molecule has 2 atom stereocenters. The van der Waals surface area contributed by atoms with Crippen LogP contribution in [0.2, 0.25) is 5.02 Å². The van der Waals surface area contributed by atoms with Gasteiger partial charge in [0.15, 0.2) is 0 Å². The lowest BCUT2D eigenvalue weighted by Gasteiger charge is -2.26. The molecule has 0 amide bonds. The molecule has 0 fully saturated rings. The summed E-state index contributed by atoms with van der Waals surface area (Å²) in [6, 6.07) is 6.19. The van der Waals surface area contributed by atoms with Gasteiger partial charge in [0.25, 0.3) is 0 Å². The maximum atomic E-state index is 10.5. The maximum Gasteiger partial charge on any atom is 0.303 e. The standard InChI is InChI=1S/C21H28ClNO2/c1-16-11-12-19(20(22)13-16)15-23-14-18-9-6-5-8-17(18)7-3-2-4-10-21(24)25/h3,5-7,11-13,17-18,23H,2,4,8-10,14-15H2,1H3,(H,24,25)/b7-3-/t17-,18+/m0/s1. The Morgan fingerprint density at radius 1 is 1.36 bits per heavy atom. The Morgan fingerprint density at radius 2 is 2.16 bits per heavy atom. The smallest absolute Gasteiger partial charge is 0.303 e. The number of carboxylic acids is 1. The first kappa shape index (κ1) is 19.7. The Bertz CT molecular complexity index is 624. The zero-order valence-electron chi connectivity index (χ0n) is 14.9. The molecule has 0 bridgehead atoms. The zero-order chi connectivity index (χ0) is 18.1. The van der Waals surface area contributed by atoms with Crippen molar-refractivity contribution in [1.29, 1.82) is 0 Å². The number of carbonyl (C=O) groups is 1. The number of allylic oxidation sites excluding steroid dienone is 4. The number of rotatable bonds is 9. The van der Waals surface area contributed by atoms with Crippen molar-refractivity contribution in [2.45, 2.75) is 45.6 Å². The first-order valence-electron chi connectivity index (χ1n) is 9.05. The summed E-state index contributed by atoms with van der Waals surface area (Å²) in [6.45, 7) is 3.79. The summed E-state index contributed by atoms with van der Waals surface area (Å²) < 4.78 is 0. The Kier molecular flexibility index (Phi) is 8.23. The molecule has 2 rings (SSSR count). The molecular weight excluding hydrogens is 334 g/mol. The maximum absolute atomic E-state index is 10.5. The van der Waals surface area contributed by atoms with E-state index in [9.17, 15) is 4.79 Å². The highest BCUT2D eigenvalue weighted by molar-refractivity contribution is 6.31. The summed E-state index contributed by atoms with van der Waals surface area (Å²) in [5.41, 5.74) is 2.32. The third-order valence-corrected chi connectivity index (χ3v) is 5.05. The summed E-state index contributed by atoms with van der Waals surface area (Å²) in [5.74, 6) is 0.381. The zero-order valence-corrected chi connectivity index (χ0v) is 15.6. The molecule has 0 heterocycles. The molecule has 4 heteroatoms. The fourth-order valence-corrected chi connectivity index (χ4v) is 3.49. The van der Waals surface area contributed by atoms with E-state index in [4.69, 9.17) is 16.7 Å². The van der Waals surface area contributed by atoms with E-state index in [-0.39, 0.29) is 6.42 Å². The lowest BCUT2D eigenvalue weighted by atomic mass is 9.82. The Hall–Kier alpha value is -1.58. The molecule has 1 aliphatic rings. The van der Waals surface area contributed by atoms with Crippen molar-refractivity contribution in [2.24, 2.45) is 11.8 Å². The fraction of sp³-hybridized carbons (Fsp3) is 0.476. The molecule has 0 radical (unpaired) electrons. The van der Waals surface area contributed by atoms with Crippen molar-refractivity contribution in [3.63, 3.8) is 0 Å². The summed E-state index contributed by atoms with van der Waals surface area (Å²) in [7, 11) is 0. The van der Waals surface area contributed by atoms with E-state index in [2.05, 4.69) is 41.8 Å². The van der Waals surface area contributed by atoms with Crippen LogP contribution in [0.15, 0.2) is 42.5 Å². The lowest BCUT2D eigenvalue weighted by Crippen LogP contribution is -2.28. The van der Waals surface area contributed by atoms with Gasteiger partial charge in [0.05, 0.1) is 0 Å². The van der Waals surface area contributed by atoms with Gasteiger partial charge in [-0.15, -0.1) is 0 Å². The minimum absolute atomic E-state index is 0.247. The summed E-state index contributed by atoms with van der Waals surface area (Å²) in [4.78, 5) is 10.5. The quantitative estimate of drug-likeness (QED) is 0.473. The van der Waals surface area contributed by atoms with E-state index >= 15 is 0 Å². The van der Waals surface area contributed by atoms with E-state index in [1.54, 1.807) is 0 Å². The molecule has 1 aromatic carbocycles. The van der Waals surface area contributed by atoms with Gasteiger partial charge in [0, 0.05) is 18.0 Å². The van der Waals surface area contributed by atoms with Crippen LogP contribution in [0.1, 0.15) is 43.2 Å². The van der Waals surface area contributed by atoms with Crippen LogP contribution < -0.4 is 5.32 Å². The number of halogens is 1.